The van der Waals surface area contributed by atoms with E-state index in [2.05, 4.69) is 19.9 Å². The van der Waals surface area contributed by atoms with Gasteiger partial charge < -0.3 is 9.80 Å². The number of fused-ring (bicyclic) bond motifs is 5. The quantitative estimate of drug-likeness (QED) is 0.567. The molecule has 0 aromatic carbocycles. The molecule has 2 bridgehead atoms. The summed E-state index contributed by atoms with van der Waals surface area (Å²) in [6.07, 6.45) is 1.40. The summed E-state index contributed by atoms with van der Waals surface area (Å²) in [5, 5.41) is 0. The minimum absolute atomic E-state index is 0.0246. The number of carbonyl (C=O) groups is 1. The Morgan fingerprint density at radius 2 is 1.70 bits per heavy atom. The van der Waals surface area contributed by atoms with E-state index in [4.69, 9.17) is 0 Å². The lowest BCUT2D eigenvalue weighted by atomic mass is 10.0. The van der Waals surface area contributed by atoms with Crippen LogP contribution in [0, 0.1) is 6.92 Å². The third-order valence-electron chi connectivity index (χ3n) is 6.78. The van der Waals surface area contributed by atoms with E-state index in [1.165, 1.54) is 6.07 Å². The van der Waals surface area contributed by atoms with E-state index < -0.39 is 11.7 Å². The standard InChI is InChI=1S/C23H19F3N6O/c1-12-3-5-14(21-27-9-2-10-28-21)18(30-12)22(33)31-15-6-7-16(31)20-19(15)32(20)17-8-4-13(11-29-17)23(24,25)26/h2-5,8-11,15-16,19-20H,6-7H2,1H3. The van der Waals surface area contributed by atoms with Gasteiger partial charge in [0.05, 0.1) is 35.3 Å². The van der Waals surface area contributed by atoms with Gasteiger partial charge in [0.15, 0.2) is 5.82 Å². The van der Waals surface area contributed by atoms with E-state index >= 15 is 0 Å². The number of carbonyl (C=O) groups excluding carboxylic acids is 1. The lowest BCUT2D eigenvalue weighted by molar-refractivity contribution is -0.137. The number of anilines is 1. The molecule has 3 aromatic rings. The van der Waals surface area contributed by atoms with Crippen LogP contribution in [0.1, 0.15) is 34.6 Å². The zero-order valence-electron chi connectivity index (χ0n) is 17.6. The first-order chi connectivity index (χ1) is 15.8. The molecule has 3 aliphatic heterocycles. The Bertz CT molecular complexity index is 1220. The Kier molecular flexibility index (Phi) is 4.24. The van der Waals surface area contributed by atoms with Crippen LogP contribution in [0.5, 0.6) is 0 Å². The van der Waals surface area contributed by atoms with Gasteiger partial charge in [0, 0.05) is 24.3 Å². The number of nitrogens with zero attached hydrogens (tertiary/aromatic N) is 6. The van der Waals surface area contributed by atoms with Crippen molar-refractivity contribution in [3.63, 3.8) is 0 Å². The molecule has 0 aliphatic carbocycles. The first-order valence-electron chi connectivity index (χ1n) is 10.7. The van der Waals surface area contributed by atoms with Gasteiger partial charge in [0.2, 0.25) is 0 Å². The van der Waals surface area contributed by atoms with Crippen molar-refractivity contribution in [3.8, 4) is 11.4 Å². The van der Waals surface area contributed by atoms with Crippen LogP contribution in [0.4, 0.5) is 19.0 Å². The van der Waals surface area contributed by atoms with Crippen LogP contribution >= 0.6 is 0 Å². The van der Waals surface area contributed by atoms with E-state index in [1.807, 2.05) is 28.9 Å². The lowest BCUT2D eigenvalue weighted by Gasteiger charge is -2.28. The van der Waals surface area contributed by atoms with Crippen LogP contribution < -0.4 is 4.90 Å². The third kappa shape index (κ3) is 3.07. The number of hydrogen-bond donors (Lipinski definition) is 0. The molecule has 4 unspecified atom stereocenters. The predicted octanol–water partition coefficient (Wildman–Crippen LogP) is 3.51. The number of aromatic nitrogens is 4. The Morgan fingerprint density at radius 1 is 1.00 bits per heavy atom. The zero-order chi connectivity index (χ0) is 22.9. The normalized spacial score (nSPS) is 25.3. The van der Waals surface area contributed by atoms with Gasteiger partial charge in [-0.25, -0.2) is 19.9 Å². The maximum Gasteiger partial charge on any atom is 0.417 e. The van der Waals surface area contributed by atoms with Gasteiger partial charge in [-0.1, -0.05) is 0 Å². The number of aryl methyl sites for hydroxylation is 1. The summed E-state index contributed by atoms with van der Waals surface area (Å²) < 4.78 is 38.6. The van der Waals surface area contributed by atoms with Crippen molar-refractivity contribution in [2.75, 3.05) is 4.90 Å². The van der Waals surface area contributed by atoms with Gasteiger partial charge in [0.25, 0.3) is 5.91 Å². The van der Waals surface area contributed by atoms with Crippen molar-refractivity contribution in [2.45, 2.75) is 50.1 Å². The van der Waals surface area contributed by atoms with Gasteiger partial charge in [-0.3, -0.25) is 4.79 Å². The highest BCUT2D eigenvalue weighted by Crippen LogP contribution is 2.54. The summed E-state index contributed by atoms with van der Waals surface area (Å²) in [7, 11) is 0. The average Bonchev–Trinajstić information content (AvgIpc) is 3.32. The summed E-state index contributed by atoms with van der Waals surface area (Å²) in [5.74, 6) is 0.816. The second kappa shape index (κ2) is 6.97. The van der Waals surface area contributed by atoms with Crippen molar-refractivity contribution in [3.05, 3.63) is 65.9 Å². The summed E-state index contributed by atoms with van der Waals surface area (Å²) in [5.41, 5.74) is 0.885. The number of pyridine rings is 2. The molecule has 0 radical (unpaired) electrons. The van der Waals surface area contributed by atoms with Gasteiger partial charge in [0.1, 0.15) is 11.5 Å². The molecule has 0 saturated carbocycles. The molecule has 33 heavy (non-hydrogen) atoms. The fourth-order valence-electron chi connectivity index (χ4n) is 5.40. The van der Waals surface area contributed by atoms with Gasteiger partial charge in [-0.15, -0.1) is 0 Å². The van der Waals surface area contributed by atoms with Crippen LogP contribution in [0.3, 0.4) is 0 Å². The van der Waals surface area contributed by atoms with Crippen LogP contribution in [-0.2, 0) is 6.18 Å². The summed E-state index contributed by atoms with van der Waals surface area (Å²) in [6.45, 7) is 1.83. The monoisotopic (exact) mass is 452 g/mol. The lowest BCUT2D eigenvalue weighted by Crippen LogP contribution is -2.43. The summed E-state index contributed by atoms with van der Waals surface area (Å²) in [4.78, 5) is 34.8. The largest absolute Gasteiger partial charge is 0.417 e. The van der Waals surface area contributed by atoms with E-state index in [-0.39, 0.29) is 30.1 Å². The SMILES string of the molecule is Cc1ccc(-c2ncccn2)c(C(=O)N2C3CCC2C2C3N2c2ccc(C(F)(F)F)cn2)n1. The Morgan fingerprint density at radius 3 is 2.30 bits per heavy atom. The molecule has 3 saturated heterocycles. The Hall–Kier alpha value is -3.56. The fourth-order valence-corrected chi connectivity index (χ4v) is 5.40. The molecule has 6 rings (SSSR count). The van der Waals surface area contributed by atoms with Crippen molar-refractivity contribution >= 4 is 11.7 Å². The number of alkyl halides is 3. The Balaban J connectivity index is 1.27. The van der Waals surface area contributed by atoms with E-state index in [0.29, 0.717) is 22.9 Å². The van der Waals surface area contributed by atoms with E-state index in [1.54, 1.807) is 18.5 Å². The molecular formula is C23H19F3N6O. The van der Waals surface area contributed by atoms with Crippen LogP contribution in [-0.4, -0.2) is 54.9 Å². The second-order valence-corrected chi connectivity index (χ2v) is 8.64. The molecule has 1 amide bonds. The van der Waals surface area contributed by atoms with Crippen molar-refractivity contribution in [1.29, 1.82) is 0 Å². The van der Waals surface area contributed by atoms with Crippen LogP contribution in [0.15, 0.2) is 48.9 Å². The molecule has 168 valence electrons. The maximum atomic E-state index is 13.7. The zero-order valence-corrected chi connectivity index (χ0v) is 17.6. The minimum atomic E-state index is -4.41. The summed E-state index contributed by atoms with van der Waals surface area (Å²) >= 11 is 0. The molecule has 10 heteroatoms. The third-order valence-corrected chi connectivity index (χ3v) is 6.78. The summed E-state index contributed by atoms with van der Waals surface area (Å²) in [6, 6.07) is 7.93. The minimum Gasteiger partial charge on any atom is -0.342 e. The molecule has 0 N–H and O–H groups in total. The average molecular weight is 452 g/mol. The smallest absolute Gasteiger partial charge is 0.342 e. The molecule has 3 fully saturated rings. The number of amides is 1. The maximum absolute atomic E-state index is 13.7. The van der Waals surface area contributed by atoms with Crippen LogP contribution in [0.25, 0.3) is 11.4 Å². The Labute approximate surface area is 187 Å². The number of hydrogen-bond acceptors (Lipinski definition) is 6. The highest BCUT2D eigenvalue weighted by atomic mass is 19.4. The van der Waals surface area contributed by atoms with Gasteiger partial charge in [-0.2, -0.15) is 13.2 Å². The molecule has 6 heterocycles. The fraction of sp³-hybridized carbons (Fsp3) is 0.348. The van der Waals surface area contributed by atoms with Crippen molar-refractivity contribution < 1.29 is 18.0 Å². The predicted molar refractivity (Wildman–Crippen MR) is 112 cm³/mol. The molecule has 3 aliphatic rings. The van der Waals surface area contributed by atoms with E-state index in [9.17, 15) is 18.0 Å². The van der Waals surface area contributed by atoms with Crippen molar-refractivity contribution in [1.82, 2.24) is 24.8 Å². The molecule has 4 atom stereocenters. The number of rotatable bonds is 3. The van der Waals surface area contributed by atoms with E-state index in [0.717, 1.165) is 30.8 Å². The van der Waals surface area contributed by atoms with Crippen LogP contribution in [0.2, 0.25) is 0 Å². The molecule has 0 spiro atoms. The highest BCUT2D eigenvalue weighted by Gasteiger charge is 2.69. The van der Waals surface area contributed by atoms with Gasteiger partial charge >= 0.3 is 6.18 Å². The molecule has 3 aromatic heterocycles. The first kappa shape index (κ1) is 20.1. The molecular weight excluding hydrogens is 433 g/mol. The first-order valence-corrected chi connectivity index (χ1v) is 10.7. The number of piperazine rings is 1. The van der Waals surface area contributed by atoms with Crippen molar-refractivity contribution in [2.24, 2.45) is 0 Å². The topological polar surface area (TPSA) is 74.9 Å². The van der Waals surface area contributed by atoms with Gasteiger partial charge in [-0.05, 0) is 50.1 Å². The second-order valence-electron chi connectivity index (χ2n) is 8.64. The molecule has 7 nitrogen and oxygen atoms in total. The highest BCUT2D eigenvalue weighted by molar-refractivity contribution is 5.99. The number of halogens is 3.